The summed E-state index contributed by atoms with van der Waals surface area (Å²) in [5.41, 5.74) is 0.766. The normalized spacial score (nSPS) is 14.3. The number of rotatable bonds is 5. The van der Waals surface area contributed by atoms with Crippen molar-refractivity contribution in [3.63, 3.8) is 0 Å². The molecule has 2 aromatic heterocycles. The van der Waals surface area contributed by atoms with Gasteiger partial charge < -0.3 is 0 Å². The van der Waals surface area contributed by atoms with E-state index in [0.29, 0.717) is 18.1 Å². The predicted molar refractivity (Wildman–Crippen MR) is 91.9 cm³/mol. The van der Waals surface area contributed by atoms with Gasteiger partial charge in [0.05, 0.1) is 16.3 Å². The first kappa shape index (κ1) is 14.7. The minimum atomic E-state index is 0.148. The maximum atomic E-state index is 12.7. The maximum Gasteiger partial charge on any atom is 0.231 e. The summed E-state index contributed by atoms with van der Waals surface area (Å²) in [4.78, 5) is 19.1. The van der Waals surface area contributed by atoms with Crippen LogP contribution in [0.2, 0.25) is 5.02 Å². The zero-order valence-electron chi connectivity index (χ0n) is 12.4. The monoisotopic (exact) mass is 346 g/mol. The van der Waals surface area contributed by atoms with Crippen LogP contribution in [0.15, 0.2) is 36.7 Å². The highest BCUT2D eigenvalue weighted by molar-refractivity contribution is 7.22. The van der Waals surface area contributed by atoms with Gasteiger partial charge in [-0.1, -0.05) is 29.0 Å². The number of thiazole rings is 1. The molecule has 0 saturated heterocycles. The lowest BCUT2D eigenvalue weighted by Gasteiger charge is -2.19. The average molecular weight is 347 g/mol. The van der Waals surface area contributed by atoms with Gasteiger partial charge in [0.2, 0.25) is 5.91 Å². The van der Waals surface area contributed by atoms with Crippen LogP contribution in [0.1, 0.15) is 12.8 Å². The Morgan fingerprint density at radius 2 is 2.26 bits per heavy atom. The van der Waals surface area contributed by atoms with Crippen LogP contribution >= 0.6 is 22.9 Å². The fraction of sp³-hybridized carbons (Fsp3) is 0.312. The van der Waals surface area contributed by atoms with Gasteiger partial charge in [0.25, 0.3) is 0 Å². The minimum absolute atomic E-state index is 0.148. The third kappa shape index (κ3) is 2.96. The van der Waals surface area contributed by atoms with Gasteiger partial charge in [-0.25, -0.2) is 4.98 Å². The number of hydrogen-bond donors (Lipinski definition) is 0. The lowest BCUT2D eigenvalue weighted by atomic mass is 10.3. The molecule has 0 spiro atoms. The van der Waals surface area contributed by atoms with Crippen LogP contribution in [-0.2, 0) is 11.3 Å². The smallest absolute Gasteiger partial charge is 0.231 e. The van der Waals surface area contributed by atoms with Crippen molar-refractivity contribution in [1.82, 2.24) is 14.8 Å². The van der Waals surface area contributed by atoms with Crippen LogP contribution in [0.5, 0.6) is 0 Å². The summed E-state index contributed by atoms with van der Waals surface area (Å²) in [7, 11) is 0. The molecule has 1 amide bonds. The molecule has 118 valence electrons. The number of hydrogen-bond acceptors (Lipinski definition) is 4. The number of anilines is 1. The highest BCUT2D eigenvalue weighted by Crippen LogP contribution is 2.37. The second-order valence-electron chi connectivity index (χ2n) is 5.62. The van der Waals surface area contributed by atoms with Gasteiger partial charge in [0, 0.05) is 24.9 Å². The molecule has 3 aromatic rings. The van der Waals surface area contributed by atoms with Gasteiger partial charge in [0.1, 0.15) is 5.52 Å². The van der Waals surface area contributed by atoms with E-state index >= 15 is 0 Å². The van der Waals surface area contributed by atoms with Crippen LogP contribution in [0.4, 0.5) is 5.13 Å². The van der Waals surface area contributed by atoms with Crippen LogP contribution < -0.4 is 4.90 Å². The molecule has 0 bridgehead atoms. The summed E-state index contributed by atoms with van der Waals surface area (Å²) in [6.45, 7) is 1.21. The Hall–Kier alpha value is -1.92. The van der Waals surface area contributed by atoms with Crippen molar-refractivity contribution in [3.05, 3.63) is 41.7 Å². The van der Waals surface area contributed by atoms with Crippen LogP contribution in [0, 0.1) is 5.92 Å². The Kier molecular flexibility index (Phi) is 3.79. The van der Waals surface area contributed by atoms with Gasteiger partial charge in [-0.3, -0.25) is 14.4 Å². The number of para-hydroxylation sites is 1. The van der Waals surface area contributed by atoms with Gasteiger partial charge in [-0.05, 0) is 31.0 Å². The van der Waals surface area contributed by atoms with Crippen molar-refractivity contribution in [2.45, 2.75) is 19.4 Å². The molecule has 2 heterocycles. The highest BCUT2D eigenvalue weighted by Gasteiger charge is 2.35. The van der Waals surface area contributed by atoms with Crippen molar-refractivity contribution < 1.29 is 4.79 Å². The molecule has 0 radical (unpaired) electrons. The fourth-order valence-electron chi connectivity index (χ4n) is 2.50. The van der Waals surface area contributed by atoms with Crippen LogP contribution in [0.3, 0.4) is 0 Å². The van der Waals surface area contributed by atoms with Gasteiger partial charge >= 0.3 is 0 Å². The molecule has 0 N–H and O–H groups in total. The standard InChI is InChI=1S/C16H15ClN4OS/c17-12-3-1-4-13-14(12)19-16(23-13)21(15(22)11-5-6-11)10-9-20-8-2-7-18-20/h1-4,7-8,11H,5-6,9-10H2. The number of benzene rings is 1. The second-order valence-corrected chi connectivity index (χ2v) is 7.03. The lowest BCUT2D eigenvalue weighted by molar-refractivity contribution is -0.119. The Balaban J connectivity index is 1.64. The van der Waals surface area contributed by atoms with Crippen molar-refractivity contribution in [3.8, 4) is 0 Å². The average Bonchev–Trinajstić information content (AvgIpc) is 3.09. The molecule has 1 fully saturated rings. The molecule has 0 unspecified atom stereocenters. The largest absolute Gasteiger partial charge is 0.286 e. The van der Waals surface area contributed by atoms with E-state index in [-0.39, 0.29) is 11.8 Å². The van der Waals surface area contributed by atoms with Crippen LogP contribution in [-0.4, -0.2) is 27.2 Å². The summed E-state index contributed by atoms with van der Waals surface area (Å²) < 4.78 is 2.83. The molecule has 1 aromatic carbocycles. The molecule has 0 aliphatic heterocycles. The molecule has 1 aliphatic rings. The molecular weight excluding hydrogens is 332 g/mol. The molecule has 5 nitrogen and oxygen atoms in total. The quantitative estimate of drug-likeness (QED) is 0.709. The summed E-state index contributed by atoms with van der Waals surface area (Å²) in [6.07, 6.45) is 5.59. The number of carbonyl (C=O) groups is 1. The third-order valence-electron chi connectivity index (χ3n) is 3.89. The van der Waals surface area contributed by atoms with Crippen LogP contribution in [0.25, 0.3) is 10.2 Å². The Morgan fingerprint density at radius 1 is 1.39 bits per heavy atom. The first-order valence-electron chi connectivity index (χ1n) is 7.56. The predicted octanol–water partition coefficient (Wildman–Crippen LogP) is 3.59. The van der Waals surface area contributed by atoms with E-state index in [1.807, 2.05) is 35.1 Å². The molecule has 23 heavy (non-hydrogen) atoms. The van der Waals surface area contributed by atoms with Gasteiger partial charge in [-0.15, -0.1) is 0 Å². The number of nitrogens with zero attached hydrogens (tertiary/aromatic N) is 4. The van der Waals surface area contributed by atoms with E-state index < -0.39 is 0 Å². The van der Waals surface area contributed by atoms with Gasteiger partial charge in [-0.2, -0.15) is 5.10 Å². The van der Waals surface area contributed by atoms with Crippen molar-refractivity contribution >= 4 is 44.2 Å². The molecule has 1 saturated carbocycles. The lowest BCUT2D eigenvalue weighted by Crippen LogP contribution is -2.35. The number of aromatic nitrogens is 3. The maximum absolute atomic E-state index is 12.7. The number of halogens is 1. The Labute approximate surface area is 142 Å². The second kappa shape index (κ2) is 5.94. The minimum Gasteiger partial charge on any atom is -0.286 e. The van der Waals surface area contributed by atoms with Crippen molar-refractivity contribution in [2.75, 3.05) is 11.4 Å². The molecule has 0 atom stereocenters. The molecule has 1 aliphatic carbocycles. The van der Waals surface area contributed by atoms with E-state index in [2.05, 4.69) is 10.1 Å². The summed E-state index contributed by atoms with van der Waals surface area (Å²) in [6, 6.07) is 7.59. The zero-order valence-corrected chi connectivity index (χ0v) is 13.9. The third-order valence-corrected chi connectivity index (χ3v) is 5.24. The first-order valence-corrected chi connectivity index (χ1v) is 8.75. The van der Waals surface area contributed by atoms with Crippen molar-refractivity contribution in [2.24, 2.45) is 5.92 Å². The Morgan fingerprint density at radius 3 is 2.96 bits per heavy atom. The topological polar surface area (TPSA) is 51.0 Å². The van der Waals surface area contributed by atoms with E-state index in [4.69, 9.17) is 11.6 Å². The van der Waals surface area contributed by atoms with Gasteiger partial charge in [0.15, 0.2) is 5.13 Å². The Bertz CT molecular complexity index is 841. The van der Waals surface area contributed by atoms with E-state index in [0.717, 1.165) is 28.2 Å². The molecular formula is C16H15ClN4OS. The molecule has 4 rings (SSSR count). The fourth-order valence-corrected chi connectivity index (χ4v) is 3.80. The zero-order chi connectivity index (χ0) is 15.8. The SMILES string of the molecule is O=C(C1CC1)N(CCn1cccn1)c1nc2c(Cl)cccc2s1. The van der Waals surface area contributed by atoms with E-state index in [1.165, 1.54) is 11.3 Å². The number of amides is 1. The number of carbonyl (C=O) groups excluding carboxylic acids is 1. The summed E-state index contributed by atoms with van der Waals surface area (Å²) >= 11 is 7.72. The first-order chi connectivity index (χ1) is 11.2. The van der Waals surface area contributed by atoms with Crippen molar-refractivity contribution in [1.29, 1.82) is 0 Å². The summed E-state index contributed by atoms with van der Waals surface area (Å²) in [5, 5.41) is 5.54. The summed E-state index contributed by atoms with van der Waals surface area (Å²) in [5.74, 6) is 0.308. The molecule has 7 heteroatoms. The highest BCUT2D eigenvalue weighted by atomic mass is 35.5. The van der Waals surface area contributed by atoms with E-state index in [1.54, 1.807) is 11.1 Å². The van der Waals surface area contributed by atoms with E-state index in [9.17, 15) is 4.79 Å². The number of fused-ring (bicyclic) bond motifs is 1.